The molecule has 90 valence electrons. The zero-order chi connectivity index (χ0) is 12.7. The first-order valence-electron chi connectivity index (χ1n) is 5.45. The number of nitrogens with zero attached hydrogens (tertiary/aromatic N) is 2. The topological polar surface area (TPSA) is 50.7 Å². The van der Waals surface area contributed by atoms with Crippen molar-refractivity contribution in [1.29, 1.82) is 0 Å². The monoisotopic (exact) mass is 259 g/mol. The molecule has 0 atom stereocenters. The number of aromatic nitrogens is 3. The maximum absolute atomic E-state index is 11.8. The van der Waals surface area contributed by atoms with Crippen LogP contribution in [0.3, 0.4) is 0 Å². The smallest absolute Gasteiger partial charge is 0.275 e. The minimum atomic E-state index is -0.136. The molecule has 0 aliphatic heterocycles. The lowest BCUT2D eigenvalue weighted by Gasteiger charge is -1.98. The van der Waals surface area contributed by atoms with E-state index >= 15 is 0 Å². The fourth-order valence-electron chi connectivity index (χ4n) is 2.08. The van der Waals surface area contributed by atoms with Crippen LogP contribution in [0, 0.1) is 0 Å². The lowest BCUT2D eigenvalue weighted by atomic mass is 10.1. The van der Waals surface area contributed by atoms with Gasteiger partial charge in [-0.1, -0.05) is 23.7 Å². The zero-order valence-electron chi connectivity index (χ0n) is 9.64. The summed E-state index contributed by atoms with van der Waals surface area (Å²) in [6.07, 6.45) is 3.32. The Hall–Kier alpha value is -2.07. The normalized spacial score (nSPS) is 11.0. The zero-order valence-corrected chi connectivity index (χ0v) is 10.4. The van der Waals surface area contributed by atoms with Crippen LogP contribution in [0.5, 0.6) is 0 Å². The van der Waals surface area contributed by atoms with E-state index in [2.05, 4.69) is 9.97 Å². The number of hydrogen-bond acceptors (Lipinski definition) is 2. The quantitative estimate of drug-likeness (QED) is 0.730. The molecule has 1 N–H and O–H groups in total. The van der Waals surface area contributed by atoms with Gasteiger partial charge in [0.2, 0.25) is 0 Å². The Morgan fingerprint density at radius 2 is 2.00 bits per heavy atom. The summed E-state index contributed by atoms with van der Waals surface area (Å²) in [5, 5.41) is 0.685. The Morgan fingerprint density at radius 1 is 1.28 bits per heavy atom. The molecule has 0 saturated carbocycles. The summed E-state index contributed by atoms with van der Waals surface area (Å²) < 4.78 is 1.78. The second-order valence-corrected chi connectivity index (χ2v) is 4.53. The third-order valence-electron chi connectivity index (χ3n) is 2.91. The van der Waals surface area contributed by atoms with Gasteiger partial charge < -0.3 is 9.55 Å². The highest BCUT2D eigenvalue weighted by molar-refractivity contribution is 6.30. The van der Waals surface area contributed by atoms with Gasteiger partial charge in [0.1, 0.15) is 11.0 Å². The minimum absolute atomic E-state index is 0.136. The molecule has 2 heterocycles. The Balaban J connectivity index is 2.34. The maximum Gasteiger partial charge on any atom is 0.275 e. The highest BCUT2D eigenvalue weighted by Crippen LogP contribution is 2.27. The number of aryl methyl sites for hydroxylation is 1. The van der Waals surface area contributed by atoms with Gasteiger partial charge in [-0.3, -0.25) is 4.79 Å². The van der Waals surface area contributed by atoms with Crippen LogP contribution in [0.15, 0.2) is 41.6 Å². The fourth-order valence-corrected chi connectivity index (χ4v) is 2.20. The second kappa shape index (κ2) is 3.99. The van der Waals surface area contributed by atoms with Gasteiger partial charge in [0.25, 0.3) is 5.56 Å². The molecule has 0 bridgehead atoms. The van der Waals surface area contributed by atoms with Gasteiger partial charge in [-0.2, -0.15) is 0 Å². The largest absolute Gasteiger partial charge is 0.344 e. The molecule has 0 radical (unpaired) electrons. The summed E-state index contributed by atoms with van der Waals surface area (Å²) in [6, 6.07) is 7.48. The number of aromatic amines is 1. The van der Waals surface area contributed by atoms with Gasteiger partial charge >= 0.3 is 0 Å². The molecule has 0 spiro atoms. The number of halogens is 1. The minimum Gasteiger partial charge on any atom is -0.344 e. The molecule has 4 nitrogen and oxygen atoms in total. The van der Waals surface area contributed by atoms with Crippen LogP contribution >= 0.6 is 11.6 Å². The highest BCUT2D eigenvalue weighted by atomic mass is 35.5. The van der Waals surface area contributed by atoms with Crippen LogP contribution < -0.4 is 5.56 Å². The standard InChI is InChI=1S/C13H10ClN3O/c1-17-6-10(8-2-4-9(14)5-3-8)11-12(17)13(18)16-7-15-11/h2-7H,1H3,(H,15,16,18). The molecule has 2 aromatic heterocycles. The summed E-state index contributed by atoms with van der Waals surface area (Å²) in [5.41, 5.74) is 3.05. The number of nitrogens with one attached hydrogen (secondary N) is 1. The third-order valence-corrected chi connectivity index (χ3v) is 3.17. The van der Waals surface area contributed by atoms with Crippen LogP contribution in [0.25, 0.3) is 22.2 Å². The van der Waals surface area contributed by atoms with Gasteiger partial charge in [-0.25, -0.2) is 4.98 Å². The van der Waals surface area contributed by atoms with Crippen molar-refractivity contribution >= 4 is 22.6 Å². The molecular weight excluding hydrogens is 250 g/mol. The van der Waals surface area contributed by atoms with Crippen LogP contribution in [0.4, 0.5) is 0 Å². The number of rotatable bonds is 1. The van der Waals surface area contributed by atoms with Gasteiger partial charge in [-0.15, -0.1) is 0 Å². The lowest BCUT2D eigenvalue weighted by Crippen LogP contribution is -2.08. The van der Waals surface area contributed by atoms with Crippen molar-refractivity contribution in [2.24, 2.45) is 7.05 Å². The van der Waals surface area contributed by atoms with Gasteiger partial charge in [-0.05, 0) is 17.7 Å². The molecule has 0 aliphatic rings. The summed E-state index contributed by atoms with van der Waals surface area (Å²) in [4.78, 5) is 18.6. The fraction of sp³-hybridized carbons (Fsp3) is 0.0769. The molecule has 1 aromatic carbocycles. The molecule has 3 aromatic rings. The molecule has 5 heteroatoms. The molecule has 0 saturated heterocycles. The molecule has 3 rings (SSSR count). The van der Waals surface area contributed by atoms with Crippen molar-refractivity contribution < 1.29 is 0 Å². The van der Waals surface area contributed by atoms with Gasteiger partial charge in [0.05, 0.1) is 6.33 Å². The lowest BCUT2D eigenvalue weighted by molar-refractivity contribution is 0.954. The van der Waals surface area contributed by atoms with E-state index in [-0.39, 0.29) is 5.56 Å². The van der Waals surface area contributed by atoms with Crippen molar-refractivity contribution in [3.05, 3.63) is 52.2 Å². The molecule has 0 amide bonds. The first-order valence-corrected chi connectivity index (χ1v) is 5.83. The van der Waals surface area contributed by atoms with E-state index < -0.39 is 0 Å². The molecule has 0 fully saturated rings. The molecule has 18 heavy (non-hydrogen) atoms. The Kier molecular flexibility index (Phi) is 2.45. The van der Waals surface area contributed by atoms with Gasteiger partial charge in [0, 0.05) is 23.8 Å². The number of H-pyrrole nitrogens is 1. The number of hydrogen-bond donors (Lipinski definition) is 1. The third kappa shape index (κ3) is 1.62. The summed E-state index contributed by atoms with van der Waals surface area (Å²) in [7, 11) is 1.83. The van der Waals surface area contributed by atoms with Crippen LogP contribution in [0.1, 0.15) is 0 Å². The second-order valence-electron chi connectivity index (χ2n) is 4.09. The Morgan fingerprint density at radius 3 is 2.72 bits per heavy atom. The average Bonchev–Trinajstić information content (AvgIpc) is 2.69. The van der Waals surface area contributed by atoms with Crippen molar-refractivity contribution in [3.63, 3.8) is 0 Å². The number of fused-ring (bicyclic) bond motifs is 1. The van der Waals surface area contributed by atoms with E-state index in [1.54, 1.807) is 4.57 Å². The van der Waals surface area contributed by atoms with Crippen molar-refractivity contribution in [2.45, 2.75) is 0 Å². The predicted molar refractivity (Wildman–Crippen MR) is 71.8 cm³/mol. The summed E-state index contributed by atoms with van der Waals surface area (Å²) in [6.45, 7) is 0. The van der Waals surface area contributed by atoms with E-state index in [0.717, 1.165) is 11.1 Å². The Bertz CT molecular complexity index is 771. The summed E-state index contributed by atoms with van der Waals surface area (Å²) in [5.74, 6) is 0. The first-order chi connectivity index (χ1) is 8.66. The van der Waals surface area contributed by atoms with E-state index in [1.165, 1.54) is 6.33 Å². The van der Waals surface area contributed by atoms with Crippen LogP contribution in [-0.2, 0) is 7.05 Å². The van der Waals surface area contributed by atoms with E-state index in [0.29, 0.717) is 16.1 Å². The van der Waals surface area contributed by atoms with Crippen LogP contribution in [0.2, 0.25) is 5.02 Å². The van der Waals surface area contributed by atoms with E-state index in [4.69, 9.17) is 11.6 Å². The van der Waals surface area contributed by atoms with Crippen LogP contribution in [-0.4, -0.2) is 14.5 Å². The van der Waals surface area contributed by atoms with Crippen molar-refractivity contribution in [1.82, 2.24) is 14.5 Å². The summed E-state index contributed by atoms with van der Waals surface area (Å²) >= 11 is 5.87. The number of benzene rings is 1. The SMILES string of the molecule is Cn1cc(-c2ccc(Cl)cc2)c2nc[nH]c(=O)c21. The van der Waals surface area contributed by atoms with E-state index in [9.17, 15) is 4.79 Å². The molecule has 0 unspecified atom stereocenters. The highest BCUT2D eigenvalue weighted by Gasteiger charge is 2.12. The van der Waals surface area contributed by atoms with E-state index in [1.807, 2.05) is 37.5 Å². The maximum atomic E-state index is 11.8. The predicted octanol–water partition coefficient (Wildman–Crippen LogP) is 2.58. The Labute approximate surface area is 108 Å². The molecular formula is C13H10ClN3O. The van der Waals surface area contributed by atoms with Crippen molar-refractivity contribution in [2.75, 3.05) is 0 Å². The molecule has 0 aliphatic carbocycles. The van der Waals surface area contributed by atoms with Crippen molar-refractivity contribution in [3.8, 4) is 11.1 Å². The average molecular weight is 260 g/mol. The van der Waals surface area contributed by atoms with Gasteiger partial charge in [0.15, 0.2) is 0 Å². The first kappa shape index (κ1) is 11.0.